The van der Waals surface area contributed by atoms with Gasteiger partial charge in [0.1, 0.15) is 5.75 Å². The number of carbonyl (C=O) groups excluding carboxylic acids is 1. The molecule has 1 atom stereocenters. The third kappa shape index (κ3) is 3.29. The van der Waals surface area contributed by atoms with Crippen LogP contribution in [0.25, 0.3) is 10.9 Å². The number of nitrogens with zero attached hydrogens (tertiary/aromatic N) is 1. The summed E-state index contributed by atoms with van der Waals surface area (Å²) in [5.74, 6) is 0.354. The minimum atomic E-state index is 0.00855. The molecule has 2 heterocycles. The molecule has 0 fully saturated rings. The molecule has 0 saturated carbocycles. The molecule has 0 radical (unpaired) electrons. The minimum Gasteiger partial charge on any atom is -0.508 e. The standard InChI is InChI=1S/C26H24N2O2/c1-17(29)19-7-4-6-18(14-19)16-28-13-12-23-22-10-2-3-11-24(22)27-25(23)26(28)20-8-5-9-21(30)15-20/h2-11,14-15,26-27,30H,12-13,16H2,1H3. The molecule has 0 saturated heterocycles. The second-order valence-electron chi connectivity index (χ2n) is 8.04. The minimum absolute atomic E-state index is 0.00855. The zero-order valence-corrected chi connectivity index (χ0v) is 16.9. The second-order valence-corrected chi connectivity index (χ2v) is 8.04. The second kappa shape index (κ2) is 7.47. The Hall–Kier alpha value is -3.37. The number of phenolic OH excluding ortho intramolecular Hbond substituents is 1. The molecule has 30 heavy (non-hydrogen) atoms. The largest absolute Gasteiger partial charge is 0.508 e. The number of Topliss-reactive ketones (excluding diaryl/α,β-unsaturated/α-hetero) is 1. The maximum atomic E-state index is 11.8. The van der Waals surface area contributed by atoms with E-state index in [4.69, 9.17) is 0 Å². The normalized spacial score (nSPS) is 16.5. The summed E-state index contributed by atoms with van der Waals surface area (Å²) in [7, 11) is 0. The Labute approximate surface area is 175 Å². The van der Waals surface area contributed by atoms with Crippen LogP contribution >= 0.6 is 0 Å². The molecule has 3 aromatic carbocycles. The van der Waals surface area contributed by atoms with Crippen molar-refractivity contribution in [1.29, 1.82) is 0 Å². The highest BCUT2D eigenvalue weighted by molar-refractivity contribution is 5.94. The average Bonchev–Trinajstić information content (AvgIpc) is 3.12. The molecule has 150 valence electrons. The van der Waals surface area contributed by atoms with Crippen LogP contribution in [0.2, 0.25) is 0 Å². The van der Waals surface area contributed by atoms with Crippen molar-refractivity contribution < 1.29 is 9.90 Å². The molecule has 5 rings (SSSR count). The highest BCUT2D eigenvalue weighted by Gasteiger charge is 2.31. The number of carbonyl (C=O) groups is 1. The molecule has 4 nitrogen and oxygen atoms in total. The van der Waals surface area contributed by atoms with Gasteiger partial charge in [0.2, 0.25) is 0 Å². The zero-order valence-electron chi connectivity index (χ0n) is 16.9. The summed E-state index contributed by atoms with van der Waals surface area (Å²) in [5.41, 5.74) is 6.61. The van der Waals surface area contributed by atoms with E-state index in [0.29, 0.717) is 0 Å². The van der Waals surface area contributed by atoms with E-state index < -0.39 is 0 Å². The molecule has 1 aliphatic heterocycles. The Balaban J connectivity index is 1.60. The summed E-state index contributed by atoms with van der Waals surface area (Å²) in [6.07, 6.45) is 0.959. The van der Waals surface area contributed by atoms with Crippen LogP contribution in [-0.2, 0) is 13.0 Å². The number of aromatic nitrogens is 1. The lowest BCUT2D eigenvalue weighted by molar-refractivity contribution is 0.101. The molecule has 0 aliphatic carbocycles. The van der Waals surface area contributed by atoms with Crippen molar-refractivity contribution in [2.45, 2.75) is 25.9 Å². The van der Waals surface area contributed by atoms with E-state index in [9.17, 15) is 9.90 Å². The third-order valence-electron chi connectivity index (χ3n) is 6.04. The van der Waals surface area contributed by atoms with Crippen LogP contribution < -0.4 is 0 Å². The molecule has 0 bridgehead atoms. The first-order valence-corrected chi connectivity index (χ1v) is 10.3. The van der Waals surface area contributed by atoms with E-state index in [0.717, 1.165) is 41.7 Å². The monoisotopic (exact) mass is 396 g/mol. The van der Waals surface area contributed by atoms with Crippen molar-refractivity contribution in [2.24, 2.45) is 0 Å². The fraction of sp³-hybridized carbons (Fsp3) is 0.192. The number of hydrogen-bond donors (Lipinski definition) is 2. The number of phenols is 1. The van der Waals surface area contributed by atoms with E-state index in [1.54, 1.807) is 13.0 Å². The molecule has 1 aliphatic rings. The summed E-state index contributed by atoms with van der Waals surface area (Å²) in [5, 5.41) is 11.4. The van der Waals surface area contributed by atoms with Crippen LogP contribution in [0.15, 0.2) is 72.8 Å². The molecule has 0 spiro atoms. The number of aromatic hydroxyl groups is 1. The first-order valence-electron chi connectivity index (χ1n) is 10.3. The van der Waals surface area contributed by atoms with Gasteiger partial charge in [-0.25, -0.2) is 0 Å². The number of H-pyrrole nitrogens is 1. The Morgan fingerprint density at radius 1 is 1.07 bits per heavy atom. The zero-order chi connectivity index (χ0) is 20.7. The van der Waals surface area contributed by atoms with Crippen LogP contribution in [0.5, 0.6) is 5.75 Å². The predicted molar refractivity (Wildman–Crippen MR) is 119 cm³/mol. The van der Waals surface area contributed by atoms with Crippen LogP contribution in [0.4, 0.5) is 0 Å². The molecular formula is C26H24N2O2. The summed E-state index contributed by atoms with van der Waals surface area (Å²) in [6.45, 7) is 3.24. The first-order chi connectivity index (χ1) is 14.6. The maximum Gasteiger partial charge on any atom is 0.159 e. The predicted octanol–water partition coefficient (Wildman–Crippen LogP) is 5.22. The van der Waals surface area contributed by atoms with Crippen molar-refractivity contribution in [1.82, 2.24) is 9.88 Å². The third-order valence-corrected chi connectivity index (χ3v) is 6.04. The number of rotatable bonds is 4. The van der Waals surface area contributed by atoms with Gasteiger partial charge in [0.15, 0.2) is 5.78 Å². The summed E-state index contributed by atoms with van der Waals surface area (Å²) < 4.78 is 0. The van der Waals surface area contributed by atoms with E-state index in [-0.39, 0.29) is 17.6 Å². The summed E-state index contributed by atoms with van der Waals surface area (Å²) in [6, 6.07) is 23.9. The lowest BCUT2D eigenvalue weighted by atomic mass is 9.91. The van der Waals surface area contributed by atoms with Gasteiger partial charge in [-0.05, 0) is 54.3 Å². The number of ketones is 1. The van der Waals surface area contributed by atoms with Gasteiger partial charge in [-0.15, -0.1) is 0 Å². The molecule has 4 heteroatoms. The van der Waals surface area contributed by atoms with Gasteiger partial charge in [0.25, 0.3) is 0 Å². The van der Waals surface area contributed by atoms with Gasteiger partial charge in [-0.3, -0.25) is 9.69 Å². The van der Waals surface area contributed by atoms with Gasteiger partial charge in [-0.2, -0.15) is 0 Å². The Kier molecular flexibility index (Phi) is 4.64. The highest BCUT2D eigenvalue weighted by Crippen LogP contribution is 2.39. The molecule has 0 amide bonds. The fourth-order valence-corrected chi connectivity index (χ4v) is 4.66. The first kappa shape index (κ1) is 18.6. The van der Waals surface area contributed by atoms with Gasteiger partial charge in [-0.1, -0.05) is 48.5 Å². The number of fused-ring (bicyclic) bond motifs is 3. The Morgan fingerprint density at radius 3 is 2.73 bits per heavy atom. The molecular weight excluding hydrogens is 372 g/mol. The summed E-state index contributed by atoms with van der Waals surface area (Å²) >= 11 is 0. The van der Waals surface area contributed by atoms with Gasteiger partial charge < -0.3 is 10.1 Å². The van der Waals surface area contributed by atoms with Crippen molar-refractivity contribution in [3.05, 3.63) is 101 Å². The molecule has 1 aromatic heterocycles. The lowest BCUT2D eigenvalue weighted by Crippen LogP contribution is -2.35. The van der Waals surface area contributed by atoms with E-state index in [1.165, 1.54) is 16.6 Å². The molecule has 1 unspecified atom stereocenters. The van der Waals surface area contributed by atoms with Gasteiger partial charge in [0.05, 0.1) is 6.04 Å². The lowest BCUT2D eigenvalue weighted by Gasteiger charge is -2.36. The van der Waals surface area contributed by atoms with Crippen LogP contribution in [-0.4, -0.2) is 27.3 Å². The van der Waals surface area contributed by atoms with Gasteiger partial charge >= 0.3 is 0 Å². The average molecular weight is 396 g/mol. The maximum absolute atomic E-state index is 11.8. The van der Waals surface area contributed by atoms with Crippen LogP contribution in [0, 0.1) is 0 Å². The number of nitrogens with one attached hydrogen (secondary N) is 1. The van der Waals surface area contributed by atoms with Crippen molar-refractivity contribution in [2.75, 3.05) is 6.54 Å². The van der Waals surface area contributed by atoms with Crippen molar-refractivity contribution in [3.63, 3.8) is 0 Å². The van der Waals surface area contributed by atoms with Crippen molar-refractivity contribution >= 4 is 16.7 Å². The molecule has 4 aromatic rings. The summed E-state index contributed by atoms with van der Waals surface area (Å²) in [4.78, 5) is 17.9. The van der Waals surface area contributed by atoms with E-state index in [2.05, 4.69) is 46.3 Å². The number of benzene rings is 3. The topological polar surface area (TPSA) is 56.3 Å². The van der Waals surface area contributed by atoms with Crippen molar-refractivity contribution in [3.8, 4) is 5.75 Å². The molecule has 2 N–H and O–H groups in total. The number of hydrogen-bond acceptors (Lipinski definition) is 3. The highest BCUT2D eigenvalue weighted by atomic mass is 16.3. The van der Waals surface area contributed by atoms with Crippen LogP contribution in [0.1, 0.15) is 45.7 Å². The van der Waals surface area contributed by atoms with E-state index >= 15 is 0 Å². The number of para-hydroxylation sites is 1. The SMILES string of the molecule is CC(=O)c1cccc(CN2CCc3c([nH]c4ccccc34)C2c2cccc(O)c2)c1. The smallest absolute Gasteiger partial charge is 0.159 e. The quantitative estimate of drug-likeness (QED) is 0.465. The Bertz CT molecular complexity index is 1240. The van der Waals surface area contributed by atoms with E-state index in [1.807, 2.05) is 30.3 Å². The number of aromatic amines is 1. The fourth-order valence-electron chi connectivity index (χ4n) is 4.66. The van der Waals surface area contributed by atoms with Gasteiger partial charge in [0, 0.05) is 35.2 Å². The van der Waals surface area contributed by atoms with Crippen LogP contribution in [0.3, 0.4) is 0 Å². The Morgan fingerprint density at radius 2 is 1.90 bits per heavy atom.